The van der Waals surface area contributed by atoms with E-state index in [1.807, 2.05) is 0 Å². The minimum absolute atomic E-state index is 0.136. The first-order valence-electron chi connectivity index (χ1n) is 4.84. The highest BCUT2D eigenvalue weighted by Crippen LogP contribution is 2.18. The second-order valence-corrected chi connectivity index (χ2v) is 3.86. The number of benzene rings is 1. The molecule has 2 aromatic rings. The van der Waals surface area contributed by atoms with Gasteiger partial charge in [-0.3, -0.25) is 0 Å². The van der Waals surface area contributed by atoms with E-state index in [1.54, 1.807) is 29.2 Å². The van der Waals surface area contributed by atoms with Gasteiger partial charge in [-0.15, -0.1) is 0 Å². The summed E-state index contributed by atoms with van der Waals surface area (Å²) >= 11 is 5.69. The van der Waals surface area contributed by atoms with E-state index in [9.17, 15) is 4.39 Å². The minimum atomic E-state index is -0.382. The Balaban J connectivity index is 2.23. The monoisotopic (exact) mass is 239 g/mol. The molecule has 0 saturated heterocycles. The first kappa shape index (κ1) is 11.1. The van der Waals surface area contributed by atoms with Crippen LogP contribution in [0.1, 0.15) is 11.3 Å². The van der Waals surface area contributed by atoms with E-state index in [1.165, 1.54) is 6.07 Å². The van der Waals surface area contributed by atoms with E-state index >= 15 is 0 Å². The van der Waals surface area contributed by atoms with Crippen LogP contribution in [0, 0.1) is 5.82 Å². The van der Waals surface area contributed by atoms with Crippen molar-refractivity contribution in [2.75, 3.05) is 0 Å². The molecule has 1 aromatic heterocycles. The van der Waals surface area contributed by atoms with Gasteiger partial charge in [-0.25, -0.2) is 9.37 Å². The van der Waals surface area contributed by atoms with Gasteiger partial charge in [0.05, 0.1) is 23.6 Å². The molecule has 0 aliphatic carbocycles. The lowest BCUT2D eigenvalue weighted by atomic mass is 10.2. The molecule has 3 nitrogen and oxygen atoms in total. The van der Waals surface area contributed by atoms with Crippen molar-refractivity contribution >= 4 is 11.6 Å². The maximum Gasteiger partial charge on any atom is 0.146 e. The van der Waals surface area contributed by atoms with Crippen molar-refractivity contribution in [1.29, 1.82) is 0 Å². The van der Waals surface area contributed by atoms with Crippen molar-refractivity contribution in [3.8, 4) is 0 Å². The number of nitrogens with zero attached hydrogens (tertiary/aromatic N) is 2. The van der Waals surface area contributed by atoms with E-state index in [4.69, 9.17) is 17.3 Å². The lowest BCUT2D eigenvalue weighted by Crippen LogP contribution is -2.00. The van der Waals surface area contributed by atoms with Crippen LogP contribution >= 0.6 is 11.6 Å². The predicted octanol–water partition coefficient (Wildman–Crippen LogP) is 2.18. The summed E-state index contributed by atoms with van der Waals surface area (Å²) in [5.74, 6) is -0.382. The third-order valence-corrected chi connectivity index (χ3v) is 2.57. The van der Waals surface area contributed by atoms with Crippen LogP contribution in [0.4, 0.5) is 4.39 Å². The fourth-order valence-corrected chi connectivity index (χ4v) is 1.66. The van der Waals surface area contributed by atoms with Crippen LogP contribution in [0.2, 0.25) is 5.02 Å². The highest BCUT2D eigenvalue weighted by Gasteiger charge is 2.06. The Morgan fingerprint density at radius 1 is 1.44 bits per heavy atom. The molecule has 0 spiro atoms. The molecule has 0 unspecified atom stereocenters. The largest absolute Gasteiger partial charge is 0.333 e. The Hall–Kier alpha value is -1.39. The molecule has 0 amide bonds. The number of nitrogens with two attached hydrogens (primary N) is 1. The van der Waals surface area contributed by atoms with Gasteiger partial charge in [-0.05, 0) is 6.07 Å². The summed E-state index contributed by atoms with van der Waals surface area (Å²) in [6, 6.07) is 4.95. The summed E-state index contributed by atoms with van der Waals surface area (Å²) in [5.41, 5.74) is 6.76. The molecule has 2 N–H and O–H groups in total. The van der Waals surface area contributed by atoms with E-state index in [2.05, 4.69) is 4.98 Å². The first-order chi connectivity index (χ1) is 7.70. The number of rotatable bonds is 3. The highest BCUT2D eigenvalue weighted by molar-refractivity contribution is 6.30. The van der Waals surface area contributed by atoms with Crippen LogP contribution < -0.4 is 5.73 Å². The van der Waals surface area contributed by atoms with E-state index in [0.717, 1.165) is 5.69 Å². The molecule has 1 heterocycles. The zero-order valence-corrected chi connectivity index (χ0v) is 9.28. The number of aromatic nitrogens is 2. The van der Waals surface area contributed by atoms with Crippen LogP contribution in [0.15, 0.2) is 30.7 Å². The molecule has 1 aromatic carbocycles. The second kappa shape index (κ2) is 4.63. The van der Waals surface area contributed by atoms with Crippen molar-refractivity contribution in [2.24, 2.45) is 5.73 Å². The maximum absolute atomic E-state index is 13.6. The Bertz CT molecular complexity index is 496. The van der Waals surface area contributed by atoms with Gasteiger partial charge >= 0.3 is 0 Å². The molecule has 0 saturated carbocycles. The highest BCUT2D eigenvalue weighted by atomic mass is 35.5. The van der Waals surface area contributed by atoms with Crippen molar-refractivity contribution in [3.63, 3.8) is 0 Å². The van der Waals surface area contributed by atoms with Gasteiger partial charge in [0.15, 0.2) is 0 Å². The Morgan fingerprint density at radius 3 is 2.94 bits per heavy atom. The Morgan fingerprint density at radius 2 is 2.25 bits per heavy atom. The quantitative estimate of drug-likeness (QED) is 0.892. The molecule has 0 aliphatic heterocycles. The van der Waals surface area contributed by atoms with Gasteiger partial charge in [0, 0.05) is 18.3 Å². The van der Waals surface area contributed by atoms with Crippen LogP contribution in [0.5, 0.6) is 0 Å². The second-order valence-electron chi connectivity index (χ2n) is 3.45. The van der Waals surface area contributed by atoms with Crippen molar-refractivity contribution in [2.45, 2.75) is 13.1 Å². The molecule has 2 rings (SSSR count). The van der Waals surface area contributed by atoms with Gasteiger partial charge in [-0.1, -0.05) is 23.7 Å². The van der Waals surface area contributed by atoms with E-state index < -0.39 is 0 Å². The fourth-order valence-electron chi connectivity index (χ4n) is 1.47. The minimum Gasteiger partial charge on any atom is -0.333 e. The van der Waals surface area contributed by atoms with Gasteiger partial charge in [0.1, 0.15) is 5.82 Å². The molecule has 0 atom stereocenters. The zero-order valence-electron chi connectivity index (χ0n) is 8.53. The molecular formula is C11H11ClFN3. The zero-order chi connectivity index (χ0) is 11.5. The summed E-state index contributed by atoms with van der Waals surface area (Å²) in [4.78, 5) is 4.07. The molecular weight excluding hydrogens is 229 g/mol. The lowest BCUT2D eigenvalue weighted by Gasteiger charge is -2.04. The van der Waals surface area contributed by atoms with Gasteiger partial charge < -0.3 is 10.3 Å². The number of imidazole rings is 1. The molecule has 5 heteroatoms. The molecule has 16 heavy (non-hydrogen) atoms. The summed E-state index contributed by atoms with van der Waals surface area (Å²) in [6.07, 6.45) is 3.42. The predicted molar refractivity (Wildman–Crippen MR) is 60.6 cm³/mol. The van der Waals surface area contributed by atoms with Gasteiger partial charge in [-0.2, -0.15) is 0 Å². The topological polar surface area (TPSA) is 43.8 Å². The summed E-state index contributed by atoms with van der Waals surface area (Å²) in [7, 11) is 0. The van der Waals surface area contributed by atoms with E-state index in [-0.39, 0.29) is 10.8 Å². The van der Waals surface area contributed by atoms with Crippen molar-refractivity contribution in [1.82, 2.24) is 9.55 Å². The van der Waals surface area contributed by atoms with E-state index in [0.29, 0.717) is 18.7 Å². The van der Waals surface area contributed by atoms with Crippen LogP contribution in [0.3, 0.4) is 0 Å². The maximum atomic E-state index is 13.6. The van der Waals surface area contributed by atoms with Gasteiger partial charge in [0.25, 0.3) is 0 Å². The van der Waals surface area contributed by atoms with Crippen LogP contribution in [0.25, 0.3) is 0 Å². The molecule has 0 fully saturated rings. The SMILES string of the molecule is NCc1cn(Cc2cccc(Cl)c2F)cn1. The number of hydrogen-bond donors (Lipinski definition) is 1. The van der Waals surface area contributed by atoms with Crippen LogP contribution in [-0.4, -0.2) is 9.55 Å². The molecule has 0 radical (unpaired) electrons. The average Bonchev–Trinajstić information content (AvgIpc) is 2.73. The fraction of sp³-hybridized carbons (Fsp3) is 0.182. The molecule has 84 valence electrons. The third-order valence-electron chi connectivity index (χ3n) is 2.28. The molecule has 0 bridgehead atoms. The third kappa shape index (κ3) is 2.23. The van der Waals surface area contributed by atoms with Crippen LogP contribution in [-0.2, 0) is 13.1 Å². The standard InChI is InChI=1S/C11H11ClFN3/c12-10-3-1-2-8(11(10)13)5-16-6-9(4-14)15-7-16/h1-3,6-7H,4-5,14H2. The average molecular weight is 240 g/mol. The molecule has 0 aliphatic rings. The van der Waals surface area contributed by atoms with Crippen molar-refractivity contribution < 1.29 is 4.39 Å². The summed E-state index contributed by atoms with van der Waals surface area (Å²) in [5, 5.41) is 0.136. The smallest absolute Gasteiger partial charge is 0.146 e. The van der Waals surface area contributed by atoms with Gasteiger partial charge in [0.2, 0.25) is 0 Å². The number of halogens is 2. The Kier molecular flexibility index (Phi) is 3.22. The summed E-state index contributed by atoms with van der Waals surface area (Å²) < 4.78 is 15.4. The number of hydrogen-bond acceptors (Lipinski definition) is 2. The Labute approximate surface area is 97.7 Å². The summed E-state index contributed by atoms with van der Waals surface area (Å²) in [6.45, 7) is 0.782. The normalized spacial score (nSPS) is 10.7. The lowest BCUT2D eigenvalue weighted by molar-refractivity contribution is 0.600. The first-order valence-corrected chi connectivity index (χ1v) is 5.22. The van der Waals surface area contributed by atoms with Crippen molar-refractivity contribution in [3.05, 3.63) is 52.8 Å².